The molecule has 0 saturated heterocycles. The summed E-state index contributed by atoms with van der Waals surface area (Å²) in [5.41, 5.74) is 2.59. The Bertz CT molecular complexity index is 693. The van der Waals surface area contributed by atoms with Crippen molar-refractivity contribution < 1.29 is 0 Å². The Morgan fingerprint density at radius 2 is 1.95 bits per heavy atom. The van der Waals surface area contributed by atoms with Gasteiger partial charge in [-0.2, -0.15) is 5.26 Å². The molecule has 0 radical (unpaired) electrons. The average molecular weight is 266 g/mol. The molecular weight excluding hydrogens is 248 g/mol. The van der Waals surface area contributed by atoms with E-state index in [9.17, 15) is 10.1 Å². The van der Waals surface area contributed by atoms with E-state index in [2.05, 4.69) is 13.0 Å². The Labute approximate surface area is 119 Å². The summed E-state index contributed by atoms with van der Waals surface area (Å²) in [5, 5.41) is 9.34. The number of rotatable bonds is 4. The van der Waals surface area contributed by atoms with Gasteiger partial charge < -0.3 is 4.57 Å². The van der Waals surface area contributed by atoms with Crippen LogP contribution in [0.5, 0.6) is 0 Å². The van der Waals surface area contributed by atoms with Gasteiger partial charge in [-0.25, -0.2) is 0 Å². The van der Waals surface area contributed by atoms with Crippen LogP contribution >= 0.6 is 0 Å². The minimum absolute atomic E-state index is 0.181. The Balaban J connectivity index is 2.62. The zero-order valence-electron chi connectivity index (χ0n) is 11.9. The molecule has 1 aromatic carbocycles. The largest absolute Gasteiger partial charge is 0.312 e. The number of aryl methyl sites for hydroxylation is 1. The second kappa shape index (κ2) is 6.21. The summed E-state index contributed by atoms with van der Waals surface area (Å²) in [7, 11) is 0. The summed E-state index contributed by atoms with van der Waals surface area (Å²) in [6.07, 6.45) is 1.96. The molecule has 0 amide bonds. The Kier molecular flexibility index (Phi) is 4.37. The standard InChI is InChI=1S/C17H18N2O/c1-3-4-10-19-13(2)11-15(16(12-18)17(19)20)14-8-6-5-7-9-14/h5-9,11H,3-4,10H2,1-2H3. The molecule has 0 spiro atoms. The number of hydrogen-bond donors (Lipinski definition) is 0. The van der Waals surface area contributed by atoms with Gasteiger partial charge in [-0.15, -0.1) is 0 Å². The Morgan fingerprint density at radius 3 is 2.55 bits per heavy atom. The van der Waals surface area contributed by atoms with E-state index in [4.69, 9.17) is 0 Å². The maximum absolute atomic E-state index is 12.5. The van der Waals surface area contributed by atoms with E-state index in [0.29, 0.717) is 6.54 Å². The van der Waals surface area contributed by atoms with Crippen LogP contribution in [0.4, 0.5) is 0 Å². The predicted octanol–water partition coefficient (Wildman–Crippen LogP) is 3.50. The van der Waals surface area contributed by atoms with Gasteiger partial charge in [0.2, 0.25) is 0 Å². The maximum atomic E-state index is 12.5. The highest BCUT2D eigenvalue weighted by atomic mass is 16.1. The number of nitrogens with zero attached hydrogens (tertiary/aromatic N) is 2. The summed E-state index contributed by atoms with van der Waals surface area (Å²) in [6.45, 7) is 4.68. The van der Waals surface area contributed by atoms with Crippen LogP contribution < -0.4 is 5.56 Å². The monoisotopic (exact) mass is 266 g/mol. The molecule has 0 aliphatic carbocycles. The van der Waals surface area contributed by atoms with Gasteiger partial charge in [0.1, 0.15) is 11.6 Å². The third-order valence-electron chi connectivity index (χ3n) is 3.44. The van der Waals surface area contributed by atoms with Crippen LogP contribution in [0.1, 0.15) is 31.0 Å². The van der Waals surface area contributed by atoms with Gasteiger partial charge in [-0.1, -0.05) is 43.7 Å². The highest BCUT2D eigenvalue weighted by molar-refractivity contribution is 5.70. The highest BCUT2D eigenvalue weighted by Crippen LogP contribution is 2.22. The fourth-order valence-electron chi connectivity index (χ4n) is 2.32. The van der Waals surface area contributed by atoms with Crippen molar-refractivity contribution in [3.05, 3.63) is 58.0 Å². The molecule has 0 atom stereocenters. The van der Waals surface area contributed by atoms with Crippen molar-refractivity contribution >= 4 is 0 Å². The zero-order valence-corrected chi connectivity index (χ0v) is 11.9. The molecule has 1 aromatic heterocycles. The first kappa shape index (κ1) is 14.1. The molecular formula is C17H18N2O. The first-order valence-electron chi connectivity index (χ1n) is 6.89. The van der Waals surface area contributed by atoms with Crippen molar-refractivity contribution in [3.8, 4) is 17.2 Å². The number of aromatic nitrogens is 1. The lowest BCUT2D eigenvalue weighted by Crippen LogP contribution is -2.25. The van der Waals surface area contributed by atoms with Gasteiger partial charge >= 0.3 is 0 Å². The van der Waals surface area contributed by atoms with Crippen LogP contribution in [0.25, 0.3) is 11.1 Å². The van der Waals surface area contributed by atoms with Crippen molar-refractivity contribution in [2.45, 2.75) is 33.2 Å². The number of pyridine rings is 1. The first-order chi connectivity index (χ1) is 9.69. The number of nitriles is 1. The molecule has 0 bridgehead atoms. The molecule has 0 aliphatic heterocycles. The van der Waals surface area contributed by atoms with E-state index in [1.807, 2.05) is 43.3 Å². The molecule has 0 N–H and O–H groups in total. The molecule has 2 aromatic rings. The maximum Gasteiger partial charge on any atom is 0.269 e. The normalized spacial score (nSPS) is 10.2. The van der Waals surface area contributed by atoms with Crippen LogP contribution in [0.2, 0.25) is 0 Å². The summed E-state index contributed by atoms with van der Waals surface area (Å²) in [4.78, 5) is 12.5. The van der Waals surface area contributed by atoms with Gasteiger partial charge in [0.25, 0.3) is 5.56 Å². The minimum atomic E-state index is -0.181. The van der Waals surface area contributed by atoms with Crippen LogP contribution in [0, 0.1) is 18.3 Å². The second-order valence-electron chi connectivity index (χ2n) is 4.86. The molecule has 0 saturated carbocycles. The Morgan fingerprint density at radius 1 is 1.25 bits per heavy atom. The van der Waals surface area contributed by atoms with Crippen molar-refractivity contribution in [3.63, 3.8) is 0 Å². The molecule has 0 aliphatic rings. The fraction of sp³-hybridized carbons (Fsp3) is 0.294. The van der Waals surface area contributed by atoms with E-state index in [-0.39, 0.29) is 11.1 Å². The van der Waals surface area contributed by atoms with Gasteiger partial charge in [0.05, 0.1) is 0 Å². The SMILES string of the molecule is CCCCn1c(C)cc(-c2ccccc2)c(C#N)c1=O. The van der Waals surface area contributed by atoms with Gasteiger partial charge in [-0.3, -0.25) is 4.79 Å². The number of unbranched alkanes of at least 4 members (excludes halogenated alkanes) is 1. The third-order valence-corrected chi connectivity index (χ3v) is 3.44. The molecule has 0 unspecified atom stereocenters. The summed E-state index contributed by atoms with van der Waals surface area (Å²) < 4.78 is 1.70. The highest BCUT2D eigenvalue weighted by Gasteiger charge is 2.13. The van der Waals surface area contributed by atoms with E-state index in [1.54, 1.807) is 4.57 Å². The molecule has 3 nitrogen and oxygen atoms in total. The smallest absolute Gasteiger partial charge is 0.269 e. The van der Waals surface area contributed by atoms with Crippen molar-refractivity contribution in [2.75, 3.05) is 0 Å². The Hall–Kier alpha value is -2.34. The quantitative estimate of drug-likeness (QED) is 0.850. The molecule has 0 fully saturated rings. The van der Waals surface area contributed by atoms with E-state index in [0.717, 1.165) is 29.7 Å². The van der Waals surface area contributed by atoms with E-state index >= 15 is 0 Å². The number of benzene rings is 1. The third kappa shape index (κ3) is 2.65. The molecule has 1 heterocycles. The topological polar surface area (TPSA) is 45.8 Å². The van der Waals surface area contributed by atoms with Crippen molar-refractivity contribution in [1.82, 2.24) is 4.57 Å². The minimum Gasteiger partial charge on any atom is -0.312 e. The molecule has 3 heteroatoms. The lowest BCUT2D eigenvalue weighted by Gasteiger charge is -2.13. The fourth-order valence-corrected chi connectivity index (χ4v) is 2.32. The van der Waals surface area contributed by atoms with Crippen LogP contribution in [-0.4, -0.2) is 4.57 Å². The summed E-state index contributed by atoms with van der Waals surface area (Å²) in [6, 6.07) is 13.6. The number of hydrogen-bond acceptors (Lipinski definition) is 2. The van der Waals surface area contributed by atoms with Gasteiger partial charge in [-0.05, 0) is 25.0 Å². The summed E-state index contributed by atoms with van der Waals surface area (Å²) in [5.74, 6) is 0. The van der Waals surface area contributed by atoms with Crippen LogP contribution in [-0.2, 0) is 6.54 Å². The average Bonchev–Trinajstić information content (AvgIpc) is 2.47. The van der Waals surface area contributed by atoms with Crippen molar-refractivity contribution in [2.24, 2.45) is 0 Å². The van der Waals surface area contributed by atoms with Gasteiger partial charge in [0.15, 0.2) is 0 Å². The predicted molar refractivity (Wildman–Crippen MR) is 80.5 cm³/mol. The van der Waals surface area contributed by atoms with E-state index in [1.165, 1.54) is 0 Å². The van der Waals surface area contributed by atoms with Crippen molar-refractivity contribution in [1.29, 1.82) is 5.26 Å². The van der Waals surface area contributed by atoms with Crippen LogP contribution in [0.3, 0.4) is 0 Å². The lowest BCUT2D eigenvalue weighted by atomic mass is 10.0. The molecule has 102 valence electrons. The first-order valence-corrected chi connectivity index (χ1v) is 6.89. The van der Waals surface area contributed by atoms with E-state index < -0.39 is 0 Å². The lowest BCUT2D eigenvalue weighted by molar-refractivity contribution is 0.598. The summed E-state index contributed by atoms with van der Waals surface area (Å²) >= 11 is 0. The molecule has 2 rings (SSSR count). The molecule has 20 heavy (non-hydrogen) atoms. The second-order valence-corrected chi connectivity index (χ2v) is 4.86. The van der Waals surface area contributed by atoms with Crippen LogP contribution in [0.15, 0.2) is 41.2 Å². The zero-order chi connectivity index (χ0) is 14.5. The van der Waals surface area contributed by atoms with Gasteiger partial charge in [0, 0.05) is 17.8 Å².